The molecule has 4 rings (SSSR count). The van der Waals surface area contributed by atoms with E-state index >= 15 is 0 Å². The van der Waals surface area contributed by atoms with E-state index in [2.05, 4.69) is 37.5 Å². The predicted molar refractivity (Wildman–Crippen MR) is 222 cm³/mol. The Morgan fingerprint density at radius 2 is 1.58 bits per heavy atom. The Morgan fingerprint density at radius 3 is 2.19 bits per heavy atom. The molecule has 0 fully saturated rings. The lowest BCUT2D eigenvalue weighted by Gasteiger charge is -2.30. The maximum atomic E-state index is 12.1. The molecule has 57 heavy (non-hydrogen) atoms. The van der Waals surface area contributed by atoms with E-state index in [0.29, 0.717) is 49.7 Å². The fourth-order valence-electron chi connectivity index (χ4n) is 6.87. The van der Waals surface area contributed by atoms with Gasteiger partial charge in [0.25, 0.3) is 20.2 Å². The van der Waals surface area contributed by atoms with Crippen LogP contribution in [0, 0.1) is 0 Å². The second-order valence-corrected chi connectivity index (χ2v) is 18.2. The van der Waals surface area contributed by atoms with Crippen LogP contribution in [0.3, 0.4) is 0 Å². The normalized spacial score (nSPS) is 17.2. The summed E-state index contributed by atoms with van der Waals surface area (Å²) in [6.45, 7) is 10.9. The van der Waals surface area contributed by atoms with Crippen molar-refractivity contribution in [2.75, 3.05) is 57.7 Å². The third kappa shape index (κ3) is 12.3. The van der Waals surface area contributed by atoms with Crippen molar-refractivity contribution in [3.63, 3.8) is 0 Å². The van der Waals surface area contributed by atoms with Crippen molar-refractivity contribution in [2.45, 2.75) is 69.1 Å². The summed E-state index contributed by atoms with van der Waals surface area (Å²) in [5.74, 6) is 0.123. The SMILES string of the molecule is COCC[N+](CCOC)=c1ccc2c(/C=C/C=C/C=C/C=C3\N(CCCS(=O)(=O)O)c4ccc(S(=O)(=O)O)cc4C3(C)CCCC(=O)O)cc(C(C)(C)C)oc-2c1. The first kappa shape index (κ1) is 45.3. The summed E-state index contributed by atoms with van der Waals surface area (Å²) >= 11 is 0. The number of ether oxygens (including phenoxy) is 2. The van der Waals surface area contributed by atoms with Crippen LogP contribution in [0.15, 0.2) is 93.9 Å². The number of aliphatic carboxylic acids is 1. The van der Waals surface area contributed by atoms with Crippen molar-refractivity contribution >= 4 is 38.0 Å². The van der Waals surface area contributed by atoms with Gasteiger partial charge in [-0.15, -0.1) is 0 Å². The van der Waals surface area contributed by atoms with E-state index in [9.17, 15) is 35.8 Å². The second kappa shape index (κ2) is 19.4. The minimum Gasteiger partial charge on any atom is -0.481 e. The third-order valence-electron chi connectivity index (χ3n) is 9.85. The standard InChI is InChI=1S/C42H54N2O11S2/c1-41(2,3)39-28-31(34-19-17-32(29-37(34)55-39)43(23-25-53-5)24-26-54-6)14-10-8-7-9-11-15-38-42(4,21-12-16-40(45)46)35-30-33(57(50,51)52)18-20-36(35)44(38)22-13-27-56(47,48)49/h7-11,14-15,17-20,28-30H,12-13,16,21-27H2,1-6H3,(H2-,45,46,47,48,49,50,51,52)/p+1. The van der Waals surface area contributed by atoms with Crippen LogP contribution in [0.1, 0.15) is 70.3 Å². The van der Waals surface area contributed by atoms with Gasteiger partial charge in [-0.25, -0.2) is 4.58 Å². The number of nitrogens with zero attached hydrogens (tertiary/aromatic N) is 2. The lowest BCUT2D eigenvalue weighted by Crippen LogP contribution is -2.35. The summed E-state index contributed by atoms with van der Waals surface area (Å²) in [5.41, 5.74) is 2.61. The molecule has 15 heteroatoms. The van der Waals surface area contributed by atoms with Crippen molar-refractivity contribution in [3.05, 3.63) is 107 Å². The van der Waals surface area contributed by atoms with Gasteiger partial charge in [-0.1, -0.05) is 57.2 Å². The number of hydrogen-bond donors (Lipinski definition) is 3. The molecule has 0 aromatic heterocycles. The van der Waals surface area contributed by atoms with Crippen LogP contribution in [-0.2, 0) is 45.3 Å². The molecular weight excluding hydrogens is 773 g/mol. The Morgan fingerprint density at radius 1 is 0.912 bits per heavy atom. The average Bonchev–Trinajstić information content (AvgIpc) is 3.35. The van der Waals surface area contributed by atoms with Crippen molar-refractivity contribution in [3.8, 4) is 11.3 Å². The maximum absolute atomic E-state index is 12.1. The first-order chi connectivity index (χ1) is 26.8. The number of carbonyl (C=O) groups is 1. The Hall–Kier alpha value is -4.38. The van der Waals surface area contributed by atoms with Gasteiger partial charge < -0.3 is 23.9 Å². The highest BCUT2D eigenvalue weighted by atomic mass is 32.2. The fourth-order valence-corrected chi connectivity index (χ4v) is 7.87. The molecule has 1 unspecified atom stereocenters. The second-order valence-electron chi connectivity index (χ2n) is 15.2. The van der Waals surface area contributed by atoms with Crippen molar-refractivity contribution in [2.24, 2.45) is 0 Å². The summed E-state index contributed by atoms with van der Waals surface area (Å²) in [5, 5.41) is 10.4. The highest BCUT2D eigenvalue weighted by molar-refractivity contribution is 7.86. The lowest BCUT2D eigenvalue weighted by molar-refractivity contribution is -0.137. The van der Waals surface area contributed by atoms with Gasteiger partial charge in [0, 0.05) is 61.0 Å². The molecule has 0 spiro atoms. The molecule has 1 aliphatic carbocycles. The number of methoxy groups -OCH3 is 2. The van der Waals surface area contributed by atoms with Gasteiger partial charge in [0.05, 0.1) is 16.7 Å². The van der Waals surface area contributed by atoms with E-state index in [-0.39, 0.29) is 36.1 Å². The van der Waals surface area contributed by atoms with Gasteiger partial charge in [0.2, 0.25) is 5.36 Å². The molecular formula is C42H55N2O11S2+. The van der Waals surface area contributed by atoms with Crippen molar-refractivity contribution in [1.82, 2.24) is 4.58 Å². The highest BCUT2D eigenvalue weighted by Crippen LogP contribution is 2.51. The molecule has 0 radical (unpaired) electrons. The van der Waals surface area contributed by atoms with Crippen LogP contribution in [0.2, 0.25) is 0 Å². The summed E-state index contributed by atoms with van der Waals surface area (Å²) in [6.07, 6.45) is 13.7. The molecule has 1 aromatic carbocycles. The number of benzene rings is 2. The van der Waals surface area contributed by atoms with Crippen molar-refractivity contribution in [1.29, 1.82) is 0 Å². The number of anilines is 1. The fraction of sp³-hybridized carbons (Fsp3) is 0.429. The number of hydrogen-bond acceptors (Lipinski definition) is 9. The third-order valence-corrected chi connectivity index (χ3v) is 11.5. The number of carboxylic acid groups (broad SMARTS) is 1. The van der Waals surface area contributed by atoms with E-state index in [1.807, 2.05) is 60.4 Å². The zero-order chi connectivity index (χ0) is 42.0. The van der Waals surface area contributed by atoms with E-state index in [1.165, 1.54) is 12.1 Å². The van der Waals surface area contributed by atoms with Gasteiger partial charge in [-0.3, -0.25) is 13.9 Å². The molecule has 2 heterocycles. The number of carboxylic acids is 1. The quantitative estimate of drug-likeness (QED) is 0.0696. The van der Waals surface area contributed by atoms with E-state index in [4.69, 9.17) is 13.9 Å². The predicted octanol–water partition coefficient (Wildman–Crippen LogP) is 6.31. The van der Waals surface area contributed by atoms with Crippen LogP contribution >= 0.6 is 0 Å². The van der Waals surface area contributed by atoms with Gasteiger partial charge in [-0.2, -0.15) is 16.8 Å². The minimum absolute atomic E-state index is 0.0643. The van der Waals surface area contributed by atoms with Gasteiger partial charge in [0.1, 0.15) is 24.7 Å². The molecule has 3 N–H and O–H groups in total. The molecule has 13 nitrogen and oxygen atoms in total. The largest absolute Gasteiger partial charge is 0.481 e. The van der Waals surface area contributed by atoms with Gasteiger partial charge in [-0.05, 0) is 73.7 Å². The summed E-state index contributed by atoms with van der Waals surface area (Å²) < 4.78 is 85.9. The molecule has 3 aliphatic rings. The Kier molecular flexibility index (Phi) is 15.4. The molecule has 1 aromatic rings. The van der Waals surface area contributed by atoms with E-state index < -0.39 is 37.4 Å². The Labute approximate surface area is 336 Å². The maximum Gasteiger partial charge on any atom is 0.303 e. The van der Waals surface area contributed by atoms with Gasteiger partial charge in [0.15, 0.2) is 13.1 Å². The van der Waals surface area contributed by atoms with Crippen LogP contribution in [-0.4, -0.2) is 89.8 Å². The van der Waals surface area contributed by atoms with Crippen LogP contribution in [0.5, 0.6) is 0 Å². The molecule has 1 atom stereocenters. The Bertz CT molecular complexity index is 2270. The topological polar surface area (TPSA) is 184 Å². The summed E-state index contributed by atoms with van der Waals surface area (Å²) in [4.78, 5) is 13.0. The van der Waals surface area contributed by atoms with Crippen LogP contribution in [0.4, 0.5) is 5.69 Å². The first-order valence-electron chi connectivity index (χ1n) is 18.7. The summed E-state index contributed by atoms with van der Waals surface area (Å²) in [6, 6.07) is 12.4. The molecule has 0 saturated carbocycles. The average molecular weight is 828 g/mol. The molecule has 0 bridgehead atoms. The minimum atomic E-state index is -4.55. The molecule has 0 amide bonds. The number of rotatable bonds is 19. The smallest absolute Gasteiger partial charge is 0.303 e. The van der Waals surface area contributed by atoms with E-state index in [0.717, 1.165) is 28.0 Å². The molecule has 310 valence electrons. The highest BCUT2D eigenvalue weighted by Gasteiger charge is 2.43. The van der Waals surface area contributed by atoms with E-state index in [1.54, 1.807) is 26.4 Å². The van der Waals surface area contributed by atoms with Crippen LogP contribution < -0.4 is 14.8 Å². The number of allylic oxidation sites excluding steroid dienone is 7. The number of fused-ring (bicyclic) bond motifs is 2. The van der Waals surface area contributed by atoms with Crippen LogP contribution in [0.25, 0.3) is 17.4 Å². The summed E-state index contributed by atoms with van der Waals surface area (Å²) in [7, 11) is -5.44. The van der Waals surface area contributed by atoms with Gasteiger partial charge >= 0.3 is 5.97 Å². The lowest BCUT2D eigenvalue weighted by atomic mass is 9.77. The zero-order valence-corrected chi connectivity index (χ0v) is 35.1. The zero-order valence-electron chi connectivity index (χ0n) is 33.5. The van der Waals surface area contributed by atoms with Crippen molar-refractivity contribution < 1.29 is 49.7 Å². The molecule has 0 saturated heterocycles. The molecule has 2 aliphatic heterocycles. The monoisotopic (exact) mass is 827 g/mol. The Balaban J connectivity index is 1.70. The first-order valence-corrected chi connectivity index (χ1v) is 21.8.